The number of fused-ring (bicyclic) bond motifs is 1. The standard InChI is InChI=1S/C21H16F3N3O/c1-28-20-26-12-10-19(15-5-4-14-3-2-11-25-18(14)13-15)27(20)17-8-6-16(7-9-17)21(22,23)24/h2-13,20H,1H3. The van der Waals surface area contributed by atoms with Gasteiger partial charge in [0.1, 0.15) is 0 Å². The number of aromatic nitrogens is 1. The molecule has 4 rings (SSSR count). The molecule has 0 amide bonds. The van der Waals surface area contributed by atoms with E-state index in [1.165, 1.54) is 19.2 Å². The Morgan fingerprint density at radius 1 is 1.04 bits per heavy atom. The van der Waals surface area contributed by atoms with Crippen molar-refractivity contribution in [1.29, 1.82) is 0 Å². The maximum atomic E-state index is 12.9. The van der Waals surface area contributed by atoms with Gasteiger partial charge in [-0.2, -0.15) is 13.2 Å². The van der Waals surface area contributed by atoms with Crippen molar-refractivity contribution in [3.8, 4) is 0 Å². The van der Waals surface area contributed by atoms with Crippen LogP contribution in [0.15, 0.2) is 71.9 Å². The molecule has 0 aliphatic carbocycles. The molecule has 1 unspecified atom stereocenters. The Balaban J connectivity index is 1.77. The SMILES string of the molecule is COC1N=CC=C(c2ccc3cccnc3c2)N1c1ccc(C(F)(F)F)cc1. The van der Waals surface area contributed by atoms with E-state index >= 15 is 0 Å². The number of pyridine rings is 1. The van der Waals surface area contributed by atoms with Crippen LogP contribution < -0.4 is 4.90 Å². The summed E-state index contributed by atoms with van der Waals surface area (Å²) in [6.07, 6.45) is 0.0801. The number of ether oxygens (including phenoxy) is 1. The average molecular weight is 383 g/mol. The smallest absolute Gasteiger partial charge is 0.342 e. The second-order valence-electron chi connectivity index (χ2n) is 6.24. The third-order valence-electron chi connectivity index (χ3n) is 4.51. The van der Waals surface area contributed by atoms with Gasteiger partial charge in [0.15, 0.2) is 0 Å². The summed E-state index contributed by atoms with van der Waals surface area (Å²) in [5.41, 5.74) is 2.29. The fourth-order valence-electron chi connectivity index (χ4n) is 3.16. The molecule has 0 bridgehead atoms. The van der Waals surface area contributed by atoms with E-state index in [1.807, 2.05) is 30.3 Å². The molecule has 28 heavy (non-hydrogen) atoms. The number of halogens is 3. The van der Waals surface area contributed by atoms with E-state index in [4.69, 9.17) is 4.74 Å². The Kier molecular flexibility index (Phi) is 4.60. The molecule has 1 aliphatic rings. The summed E-state index contributed by atoms with van der Waals surface area (Å²) in [5, 5.41) is 1.00. The number of aliphatic imine (C=N–C) groups is 1. The molecule has 4 nitrogen and oxygen atoms in total. The molecule has 0 spiro atoms. The summed E-state index contributed by atoms with van der Waals surface area (Å²) in [5.74, 6) is 0. The van der Waals surface area contributed by atoms with Gasteiger partial charge in [-0.3, -0.25) is 9.88 Å². The quantitative estimate of drug-likeness (QED) is 0.630. The van der Waals surface area contributed by atoms with Gasteiger partial charge in [0.2, 0.25) is 6.35 Å². The van der Waals surface area contributed by atoms with Crippen molar-refractivity contribution in [3.63, 3.8) is 0 Å². The number of benzene rings is 2. The third kappa shape index (κ3) is 3.36. The van der Waals surface area contributed by atoms with Gasteiger partial charge in [0.05, 0.1) is 16.8 Å². The van der Waals surface area contributed by atoms with Crippen LogP contribution in [-0.2, 0) is 10.9 Å². The third-order valence-corrected chi connectivity index (χ3v) is 4.51. The van der Waals surface area contributed by atoms with E-state index in [1.54, 1.807) is 23.4 Å². The Morgan fingerprint density at radius 3 is 2.54 bits per heavy atom. The monoisotopic (exact) mass is 383 g/mol. The van der Waals surface area contributed by atoms with Gasteiger partial charge >= 0.3 is 6.18 Å². The molecule has 7 heteroatoms. The highest BCUT2D eigenvalue weighted by Gasteiger charge is 2.31. The molecule has 1 aromatic heterocycles. The van der Waals surface area contributed by atoms with Crippen LogP contribution in [-0.4, -0.2) is 24.7 Å². The van der Waals surface area contributed by atoms with Gasteiger partial charge in [-0.15, -0.1) is 0 Å². The molecule has 1 atom stereocenters. The van der Waals surface area contributed by atoms with Crippen molar-refractivity contribution in [2.24, 2.45) is 4.99 Å². The molecule has 0 radical (unpaired) electrons. The highest BCUT2D eigenvalue weighted by Crippen LogP contribution is 2.35. The van der Waals surface area contributed by atoms with Crippen molar-refractivity contribution in [3.05, 3.63) is 78.0 Å². The van der Waals surface area contributed by atoms with Crippen molar-refractivity contribution in [2.75, 3.05) is 12.0 Å². The number of alkyl halides is 3. The van der Waals surface area contributed by atoms with Crippen LogP contribution in [0.2, 0.25) is 0 Å². The minimum atomic E-state index is -4.39. The highest BCUT2D eigenvalue weighted by molar-refractivity contribution is 5.95. The summed E-state index contributed by atoms with van der Waals surface area (Å²) in [6, 6.07) is 14.6. The van der Waals surface area contributed by atoms with Crippen LogP contribution in [0.1, 0.15) is 11.1 Å². The Bertz CT molecular complexity index is 1060. The van der Waals surface area contributed by atoms with Gasteiger partial charge < -0.3 is 4.74 Å². The number of anilines is 1. The van der Waals surface area contributed by atoms with Crippen molar-refractivity contribution in [2.45, 2.75) is 12.5 Å². The fourth-order valence-corrected chi connectivity index (χ4v) is 3.16. The molecule has 2 aromatic carbocycles. The van der Waals surface area contributed by atoms with Gasteiger partial charge in [0.25, 0.3) is 0 Å². The second kappa shape index (κ2) is 7.09. The predicted octanol–water partition coefficient (Wildman–Crippen LogP) is 5.12. The number of hydrogen-bond donors (Lipinski definition) is 0. The van der Waals surface area contributed by atoms with Crippen molar-refractivity contribution >= 4 is 28.5 Å². The fraction of sp³-hybridized carbons (Fsp3) is 0.143. The number of hydrogen-bond acceptors (Lipinski definition) is 4. The summed E-state index contributed by atoms with van der Waals surface area (Å²) >= 11 is 0. The van der Waals surface area contributed by atoms with Gasteiger partial charge in [-0.25, -0.2) is 4.99 Å². The lowest BCUT2D eigenvalue weighted by Gasteiger charge is -2.34. The Morgan fingerprint density at radius 2 is 1.82 bits per heavy atom. The van der Waals surface area contributed by atoms with E-state index < -0.39 is 18.1 Å². The Labute approximate surface area is 159 Å². The molecule has 0 N–H and O–H groups in total. The summed E-state index contributed by atoms with van der Waals surface area (Å²) in [4.78, 5) is 10.4. The van der Waals surface area contributed by atoms with E-state index in [0.29, 0.717) is 5.69 Å². The summed E-state index contributed by atoms with van der Waals surface area (Å²) < 4.78 is 44.2. The predicted molar refractivity (Wildman–Crippen MR) is 103 cm³/mol. The van der Waals surface area contributed by atoms with E-state index in [2.05, 4.69) is 9.98 Å². The Hall–Kier alpha value is -3.19. The summed E-state index contributed by atoms with van der Waals surface area (Å²) in [6.45, 7) is 0. The molecule has 142 valence electrons. The van der Waals surface area contributed by atoms with Crippen LogP contribution >= 0.6 is 0 Å². The molecule has 2 heterocycles. The largest absolute Gasteiger partial charge is 0.416 e. The molecule has 0 fully saturated rings. The van der Waals surface area contributed by atoms with Crippen molar-refractivity contribution < 1.29 is 17.9 Å². The zero-order valence-electron chi connectivity index (χ0n) is 14.9. The molecule has 3 aromatic rings. The zero-order chi connectivity index (χ0) is 19.7. The van der Waals surface area contributed by atoms with Crippen LogP contribution in [0.5, 0.6) is 0 Å². The minimum Gasteiger partial charge on any atom is -0.342 e. The van der Waals surface area contributed by atoms with Gasteiger partial charge in [0, 0.05) is 36.2 Å². The number of methoxy groups -OCH3 is 1. The van der Waals surface area contributed by atoms with Crippen LogP contribution in [0.3, 0.4) is 0 Å². The minimum absolute atomic E-state index is 0.545. The van der Waals surface area contributed by atoms with Gasteiger partial charge in [-0.05, 0) is 42.5 Å². The topological polar surface area (TPSA) is 37.7 Å². The molecule has 0 saturated carbocycles. The first kappa shape index (κ1) is 18.2. The number of allylic oxidation sites excluding steroid dienone is 1. The maximum Gasteiger partial charge on any atom is 0.416 e. The lowest BCUT2D eigenvalue weighted by molar-refractivity contribution is -0.137. The highest BCUT2D eigenvalue weighted by atomic mass is 19.4. The number of rotatable bonds is 3. The maximum absolute atomic E-state index is 12.9. The molecule has 0 saturated heterocycles. The first-order valence-corrected chi connectivity index (χ1v) is 8.55. The number of nitrogens with zero attached hydrogens (tertiary/aromatic N) is 3. The van der Waals surface area contributed by atoms with Crippen LogP contribution in [0.4, 0.5) is 18.9 Å². The first-order valence-electron chi connectivity index (χ1n) is 8.55. The van der Waals surface area contributed by atoms with Gasteiger partial charge in [-0.1, -0.05) is 18.2 Å². The molecular formula is C21H16F3N3O. The lowest BCUT2D eigenvalue weighted by atomic mass is 10.1. The van der Waals surface area contributed by atoms with E-state index in [0.717, 1.165) is 34.3 Å². The second-order valence-corrected chi connectivity index (χ2v) is 6.24. The molecule has 1 aliphatic heterocycles. The summed E-state index contributed by atoms with van der Waals surface area (Å²) in [7, 11) is 1.50. The van der Waals surface area contributed by atoms with Crippen molar-refractivity contribution in [1.82, 2.24) is 4.98 Å². The van der Waals surface area contributed by atoms with Crippen LogP contribution in [0, 0.1) is 0 Å². The van der Waals surface area contributed by atoms with Crippen LogP contribution in [0.25, 0.3) is 16.6 Å². The average Bonchev–Trinajstić information content (AvgIpc) is 2.72. The van der Waals surface area contributed by atoms with E-state index in [-0.39, 0.29) is 0 Å². The zero-order valence-corrected chi connectivity index (χ0v) is 14.9. The van der Waals surface area contributed by atoms with E-state index in [9.17, 15) is 13.2 Å². The molecular weight excluding hydrogens is 367 g/mol. The first-order chi connectivity index (χ1) is 13.5. The lowest BCUT2D eigenvalue weighted by Crippen LogP contribution is -2.36. The normalized spacial score (nSPS) is 17.1.